The van der Waals surface area contributed by atoms with Crippen molar-refractivity contribution in [2.75, 3.05) is 13.1 Å². The van der Waals surface area contributed by atoms with Crippen molar-refractivity contribution in [1.29, 1.82) is 0 Å². The lowest BCUT2D eigenvalue weighted by Gasteiger charge is -2.29. The average molecular weight is 251 g/mol. The lowest BCUT2D eigenvalue weighted by molar-refractivity contribution is -0.119. The normalized spacial score (nSPS) is 17.1. The molecule has 1 fully saturated rings. The Morgan fingerprint density at radius 1 is 1.44 bits per heavy atom. The Morgan fingerprint density at radius 2 is 2.22 bits per heavy atom. The lowest BCUT2D eigenvalue weighted by Crippen LogP contribution is -2.32. The molecule has 1 aliphatic rings. The van der Waals surface area contributed by atoms with Crippen LogP contribution in [0, 0.1) is 5.92 Å². The maximum absolute atomic E-state index is 10.6. The van der Waals surface area contributed by atoms with Crippen LogP contribution in [-0.2, 0) is 17.9 Å². The highest BCUT2D eigenvalue weighted by Gasteiger charge is 2.17. The fourth-order valence-electron chi connectivity index (χ4n) is 2.59. The van der Waals surface area contributed by atoms with Crippen molar-refractivity contribution in [3.05, 3.63) is 18.2 Å². The van der Waals surface area contributed by atoms with Gasteiger partial charge in [-0.25, -0.2) is 4.98 Å². The topological polar surface area (TPSA) is 58.4 Å². The van der Waals surface area contributed by atoms with Gasteiger partial charge in [0.15, 0.2) is 0 Å². The van der Waals surface area contributed by atoms with E-state index in [-0.39, 0.29) is 6.61 Å². The second kappa shape index (κ2) is 6.54. The van der Waals surface area contributed by atoms with E-state index in [9.17, 15) is 4.79 Å². The number of rotatable bonds is 6. The number of piperidine rings is 1. The Labute approximate surface area is 107 Å². The molecule has 0 spiro atoms. The quantitative estimate of drug-likeness (QED) is 0.768. The van der Waals surface area contributed by atoms with Crippen LogP contribution in [0.1, 0.15) is 31.5 Å². The summed E-state index contributed by atoms with van der Waals surface area (Å²) in [5.41, 5.74) is 0. The minimum absolute atomic E-state index is 0.00469. The van der Waals surface area contributed by atoms with Crippen LogP contribution >= 0.6 is 0 Å². The summed E-state index contributed by atoms with van der Waals surface area (Å²) in [6.07, 6.45) is 9.14. The smallest absolute Gasteiger partial charge is 0.209 e. The monoisotopic (exact) mass is 251 g/mol. The summed E-state index contributed by atoms with van der Waals surface area (Å²) in [5, 5.41) is 9.09. The fourth-order valence-corrected chi connectivity index (χ4v) is 2.59. The van der Waals surface area contributed by atoms with Crippen LogP contribution in [0.15, 0.2) is 12.4 Å². The van der Waals surface area contributed by atoms with E-state index < -0.39 is 0 Å². The highest BCUT2D eigenvalue weighted by Crippen LogP contribution is 2.21. The number of likely N-dealkylation sites (tertiary alicyclic amines) is 1. The van der Waals surface area contributed by atoms with Gasteiger partial charge in [-0.15, -0.1) is 0 Å². The van der Waals surface area contributed by atoms with Gasteiger partial charge in [0.2, 0.25) is 6.41 Å². The summed E-state index contributed by atoms with van der Waals surface area (Å²) in [6, 6.07) is 0. The number of hydrogen-bond acceptors (Lipinski definition) is 3. The number of imidazole rings is 1. The molecule has 1 aromatic heterocycles. The summed E-state index contributed by atoms with van der Waals surface area (Å²) in [5.74, 6) is 1.48. The molecule has 2 rings (SSSR count). The Kier molecular flexibility index (Phi) is 4.75. The number of nitrogens with zero attached hydrogens (tertiary/aromatic N) is 3. The van der Waals surface area contributed by atoms with Gasteiger partial charge in [-0.1, -0.05) is 0 Å². The van der Waals surface area contributed by atoms with Crippen LogP contribution in [0.5, 0.6) is 0 Å². The molecule has 1 amide bonds. The lowest BCUT2D eigenvalue weighted by atomic mass is 9.92. The average Bonchev–Trinajstić information content (AvgIpc) is 2.87. The molecule has 5 heteroatoms. The molecule has 100 valence electrons. The molecular weight excluding hydrogens is 230 g/mol. The van der Waals surface area contributed by atoms with Gasteiger partial charge in [-0.3, -0.25) is 4.79 Å². The first-order valence-electron chi connectivity index (χ1n) is 6.63. The maximum atomic E-state index is 10.6. The predicted molar refractivity (Wildman–Crippen MR) is 67.7 cm³/mol. The maximum Gasteiger partial charge on any atom is 0.209 e. The molecule has 0 aliphatic carbocycles. The van der Waals surface area contributed by atoms with Crippen molar-refractivity contribution in [3.63, 3.8) is 0 Å². The molecule has 5 nitrogen and oxygen atoms in total. The van der Waals surface area contributed by atoms with Crippen molar-refractivity contribution in [2.45, 2.75) is 38.8 Å². The van der Waals surface area contributed by atoms with Gasteiger partial charge in [0.25, 0.3) is 0 Å². The van der Waals surface area contributed by atoms with Gasteiger partial charge in [-0.2, -0.15) is 0 Å². The van der Waals surface area contributed by atoms with E-state index in [2.05, 4.69) is 4.98 Å². The molecule has 18 heavy (non-hydrogen) atoms. The molecule has 0 unspecified atom stereocenters. The van der Waals surface area contributed by atoms with Crippen LogP contribution in [-0.4, -0.2) is 39.1 Å². The molecule has 0 bridgehead atoms. The first kappa shape index (κ1) is 13.1. The largest absolute Gasteiger partial charge is 0.388 e. The molecule has 0 aromatic carbocycles. The highest BCUT2D eigenvalue weighted by molar-refractivity contribution is 5.47. The van der Waals surface area contributed by atoms with Crippen LogP contribution in [0.3, 0.4) is 0 Å². The first-order valence-corrected chi connectivity index (χ1v) is 6.63. The number of aliphatic hydroxyl groups is 1. The zero-order chi connectivity index (χ0) is 12.8. The van der Waals surface area contributed by atoms with Gasteiger partial charge in [-0.05, 0) is 31.6 Å². The van der Waals surface area contributed by atoms with Crippen LogP contribution < -0.4 is 0 Å². The van der Waals surface area contributed by atoms with E-state index in [0.717, 1.165) is 57.0 Å². The van der Waals surface area contributed by atoms with Crippen molar-refractivity contribution in [2.24, 2.45) is 5.92 Å². The van der Waals surface area contributed by atoms with Gasteiger partial charge < -0.3 is 14.6 Å². The molecule has 1 aromatic rings. The number of aromatic nitrogens is 2. The number of carbonyl (C=O) groups is 1. The van der Waals surface area contributed by atoms with Crippen molar-refractivity contribution >= 4 is 6.41 Å². The number of aliphatic hydroxyl groups excluding tert-OH is 1. The Hall–Kier alpha value is -1.36. The molecule has 1 saturated heterocycles. The summed E-state index contributed by atoms with van der Waals surface area (Å²) in [7, 11) is 0. The predicted octanol–water partition coefficient (Wildman–Crippen LogP) is 1.02. The SMILES string of the molecule is O=CN1CCC(CCCn2ccnc2CO)CC1. The van der Waals surface area contributed by atoms with E-state index in [0.29, 0.717) is 0 Å². The van der Waals surface area contributed by atoms with Gasteiger partial charge in [0.05, 0.1) is 0 Å². The summed E-state index contributed by atoms with van der Waals surface area (Å²) >= 11 is 0. The number of aryl methyl sites for hydroxylation is 1. The third-order valence-corrected chi connectivity index (χ3v) is 3.75. The molecule has 1 N–H and O–H groups in total. The zero-order valence-electron chi connectivity index (χ0n) is 10.7. The van der Waals surface area contributed by atoms with E-state index in [1.165, 1.54) is 6.42 Å². The van der Waals surface area contributed by atoms with Crippen LogP contribution in [0.2, 0.25) is 0 Å². The van der Waals surface area contributed by atoms with Crippen molar-refractivity contribution in [1.82, 2.24) is 14.5 Å². The first-order chi connectivity index (χ1) is 8.83. The summed E-state index contributed by atoms with van der Waals surface area (Å²) < 4.78 is 2.01. The molecule has 2 heterocycles. The Balaban J connectivity index is 1.68. The van der Waals surface area contributed by atoms with E-state index >= 15 is 0 Å². The number of carbonyl (C=O) groups excluding carboxylic acids is 1. The number of amides is 1. The minimum Gasteiger partial charge on any atom is -0.388 e. The highest BCUT2D eigenvalue weighted by atomic mass is 16.3. The second-order valence-electron chi connectivity index (χ2n) is 4.92. The molecule has 1 aliphatic heterocycles. The van der Waals surface area contributed by atoms with Crippen molar-refractivity contribution < 1.29 is 9.90 Å². The summed E-state index contributed by atoms with van der Waals surface area (Å²) in [4.78, 5) is 16.5. The van der Waals surface area contributed by atoms with Crippen LogP contribution in [0.4, 0.5) is 0 Å². The van der Waals surface area contributed by atoms with Gasteiger partial charge in [0, 0.05) is 32.0 Å². The van der Waals surface area contributed by atoms with Crippen LogP contribution in [0.25, 0.3) is 0 Å². The Bertz CT molecular complexity index is 370. The standard InChI is InChI=1S/C13H21N3O2/c17-10-13-14-5-9-16(13)6-1-2-12-3-7-15(11-18)8-4-12/h5,9,11-12,17H,1-4,6-8,10H2. The van der Waals surface area contributed by atoms with Gasteiger partial charge >= 0.3 is 0 Å². The zero-order valence-corrected chi connectivity index (χ0v) is 10.7. The van der Waals surface area contributed by atoms with E-state index in [1.54, 1.807) is 6.20 Å². The molecular formula is C13H21N3O2. The molecule has 0 atom stereocenters. The second-order valence-corrected chi connectivity index (χ2v) is 4.92. The third-order valence-electron chi connectivity index (χ3n) is 3.75. The van der Waals surface area contributed by atoms with Crippen molar-refractivity contribution in [3.8, 4) is 0 Å². The Morgan fingerprint density at radius 3 is 2.89 bits per heavy atom. The van der Waals surface area contributed by atoms with Gasteiger partial charge in [0.1, 0.15) is 12.4 Å². The van der Waals surface area contributed by atoms with E-state index in [4.69, 9.17) is 5.11 Å². The third kappa shape index (κ3) is 3.32. The summed E-state index contributed by atoms with van der Waals surface area (Å²) in [6.45, 7) is 2.73. The minimum atomic E-state index is 0.00469. The molecule has 0 saturated carbocycles. The van der Waals surface area contributed by atoms with E-state index in [1.807, 2.05) is 15.7 Å². The number of hydrogen-bond donors (Lipinski definition) is 1. The fraction of sp³-hybridized carbons (Fsp3) is 0.692. The molecule has 0 radical (unpaired) electrons.